The molecule has 3 nitrogen and oxygen atoms in total. The van der Waals surface area contributed by atoms with Crippen LogP contribution >= 0.6 is 15.9 Å². The lowest BCUT2D eigenvalue weighted by Gasteiger charge is -2.57. The van der Waals surface area contributed by atoms with E-state index in [2.05, 4.69) is 35.9 Å². The number of allylic oxidation sites excluding steroid dienone is 1. The number of rotatable bonds is 3. The molecule has 3 fully saturated rings. The highest BCUT2D eigenvalue weighted by Crippen LogP contribution is 2.73. The molecule has 0 bridgehead atoms. The highest BCUT2D eigenvalue weighted by Gasteiger charge is 2.68. The van der Waals surface area contributed by atoms with Crippen molar-refractivity contribution in [1.29, 1.82) is 0 Å². The first-order valence-electron chi connectivity index (χ1n) is 9.55. The molecule has 0 aromatic carbocycles. The van der Waals surface area contributed by atoms with E-state index >= 15 is 0 Å². The van der Waals surface area contributed by atoms with E-state index in [1.807, 2.05) is 0 Å². The minimum atomic E-state index is -0.310. The fraction of sp³-hybridized carbons (Fsp3) is 0.900. The van der Waals surface area contributed by atoms with Gasteiger partial charge in [-0.25, -0.2) is 0 Å². The van der Waals surface area contributed by atoms with Crippen molar-refractivity contribution in [1.82, 2.24) is 0 Å². The highest BCUT2D eigenvalue weighted by molar-refractivity contribution is 9.09. The van der Waals surface area contributed by atoms with Crippen molar-refractivity contribution in [2.24, 2.45) is 34.0 Å². The van der Waals surface area contributed by atoms with E-state index in [0.717, 1.165) is 25.7 Å². The van der Waals surface area contributed by atoms with Gasteiger partial charge in [0.1, 0.15) is 0 Å². The monoisotopic (exact) mass is 398 g/mol. The number of aliphatic hydroxyl groups is 3. The lowest BCUT2D eigenvalue weighted by molar-refractivity contribution is -0.0646. The van der Waals surface area contributed by atoms with E-state index in [9.17, 15) is 15.3 Å². The summed E-state index contributed by atoms with van der Waals surface area (Å²) in [7, 11) is 0. The van der Waals surface area contributed by atoms with E-state index in [1.165, 1.54) is 18.4 Å². The number of halogens is 1. The van der Waals surface area contributed by atoms with Crippen molar-refractivity contribution in [3.8, 4) is 0 Å². The fourth-order valence-electron chi connectivity index (χ4n) is 6.72. The molecule has 0 aromatic heterocycles. The SMILES string of the molecule is C[C@]1([C@@H](Br)CO)CC=C2[C@@H](C1)[C@H](O)C[C@@H]1[C@@]3(CO)C[C@H]3CC[C@@]21C. The van der Waals surface area contributed by atoms with Crippen LogP contribution in [0.2, 0.25) is 0 Å². The molecular weight excluding hydrogens is 368 g/mol. The van der Waals surface area contributed by atoms with Crippen molar-refractivity contribution in [2.45, 2.75) is 63.3 Å². The Labute approximate surface area is 153 Å². The highest BCUT2D eigenvalue weighted by atomic mass is 79.9. The molecule has 4 heteroatoms. The van der Waals surface area contributed by atoms with Crippen LogP contribution < -0.4 is 0 Å². The average Bonchev–Trinajstić information content (AvgIpc) is 3.31. The summed E-state index contributed by atoms with van der Waals surface area (Å²) >= 11 is 3.66. The zero-order chi connectivity index (χ0) is 17.3. The summed E-state index contributed by atoms with van der Waals surface area (Å²) in [6.07, 6.45) is 8.39. The molecule has 3 N–H and O–H groups in total. The molecule has 0 heterocycles. The van der Waals surface area contributed by atoms with E-state index in [-0.39, 0.29) is 46.3 Å². The van der Waals surface area contributed by atoms with Crippen molar-refractivity contribution >= 4 is 15.9 Å². The maximum atomic E-state index is 11.0. The van der Waals surface area contributed by atoms with Gasteiger partial charge in [-0.15, -0.1) is 0 Å². The van der Waals surface area contributed by atoms with Crippen LogP contribution in [0.15, 0.2) is 11.6 Å². The van der Waals surface area contributed by atoms with Crippen LogP contribution in [0.3, 0.4) is 0 Å². The van der Waals surface area contributed by atoms with Gasteiger partial charge in [0.2, 0.25) is 0 Å². The molecule has 136 valence electrons. The third-order valence-electron chi connectivity index (χ3n) is 8.44. The second kappa shape index (κ2) is 5.55. The van der Waals surface area contributed by atoms with E-state index in [4.69, 9.17) is 0 Å². The van der Waals surface area contributed by atoms with Gasteiger partial charge in [-0.05, 0) is 61.2 Å². The molecular formula is C20H31BrO3. The third kappa shape index (κ3) is 2.19. The molecule has 0 amide bonds. The molecule has 0 aromatic rings. The molecule has 0 unspecified atom stereocenters. The molecule has 4 aliphatic rings. The molecule has 0 radical (unpaired) electrons. The summed E-state index contributed by atoms with van der Waals surface area (Å²) in [6, 6.07) is 0. The van der Waals surface area contributed by atoms with E-state index < -0.39 is 0 Å². The number of aliphatic hydroxyl groups excluding tert-OH is 3. The first-order valence-corrected chi connectivity index (χ1v) is 10.5. The average molecular weight is 399 g/mol. The maximum absolute atomic E-state index is 11.0. The van der Waals surface area contributed by atoms with Crippen LogP contribution in [0, 0.1) is 34.0 Å². The summed E-state index contributed by atoms with van der Waals surface area (Å²) in [5, 5.41) is 30.7. The number of hydrogen-bond donors (Lipinski definition) is 3. The van der Waals surface area contributed by atoms with E-state index in [1.54, 1.807) is 0 Å². The van der Waals surface area contributed by atoms with Crippen molar-refractivity contribution in [3.63, 3.8) is 0 Å². The van der Waals surface area contributed by atoms with Crippen LogP contribution in [0.1, 0.15) is 52.4 Å². The van der Waals surface area contributed by atoms with Gasteiger partial charge < -0.3 is 15.3 Å². The summed E-state index contributed by atoms with van der Waals surface area (Å²) in [4.78, 5) is 0.0727. The quantitative estimate of drug-likeness (QED) is 0.504. The van der Waals surface area contributed by atoms with Crippen molar-refractivity contribution in [3.05, 3.63) is 11.6 Å². The summed E-state index contributed by atoms with van der Waals surface area (Å²) in [5.74, 6) is 1.32. The van der Waals surface area contributed by atoms with Crippen LogP contribution in [0.4, 0.5) is 0 Å². The van der Waals surface area contributed by atoms with Gasteiger partial charge in [-0.3, -0.25) is 0 Å². The Morgan fingerprint density at radius 3 is 2.71 bits per heavy atom. The minimum absolute atomic E-state index is 0.00145. The van der Waals surface area contributed by atoms with Crippen molar-refractivity contribution in [2.75, 3.05) is 13.2 Å². The molecule has 8 atom stereocenters. The molecule has 24 heavy (non-hydrogen) atoms. The first kappa shape index (κ1) is 17.5. The first-order chi connectivity index (χ1) is 11.3. The van der Waals surface area contributed by atoms with Gasteiger partial charge in [-0.2, -0.15) is 0 Å². The standard InChI is InChI=1S/C20H31BrO3/c1-18(17(21)10-22)5-4-14-13(9-18)15(24)7-16-19(14,2)6-3-12-8-20(12,16)11-23/h4,12-13,15-17,22-24H,3,5-11H2,1-2H3/t12-,13-,15-,16+,17+,18+,19+,20-/m1/s1. The summed E-state index contributed by atoms with van der Waals surface area (Å²) < 4.78 is 0. The second-order valence-corrected chi connectivity index (χ2v) is 10.7. The predicted molar refractivity (Wildman–Crippen MR) is 97.8 cm³/mol. The third-order valence-corrected chi connectivity index (χ3v) is 9.84. The normalized spacial score (nSPS) is 54.2. The van der Waals surface area contributed by atoms with E-state index in [0.29, 0.717) is 11.8 Å². The number of hydrogen-bond acceptors (Lipinski definition) is 3. The summed E-state index contributed by atoms with van der Waals surface area (Å²) in [5.41, 5.74) is 1.68. The minimum Gasteiger partial charge on any atom is -0.396 e. The zero-order valence-corrected chi connectivity index (χ0v) is 16.4. The van der Waals surface area contributed by atoms with Crippen LogP contribution in [0.25, 0.3) is 0 Å². The Kier molecular flexibility index (Phi) is 4.05. The molecule has 0 saturated heterocycles. The second-order valence-electron chi connectivity index (χ2n) is 9.58. The smallest absolute Gasteiger partial charge is 0.0609 e. The summed E-state index contributed by atoms with van der Waals surface area (Å²) in [6.45, 7) is 5.05. The van der Waals surface area contributed by atoms with Gasteiger partial charge in [0.05, 0.1) is 12.7 Å². The van der Waals surface area contributed by atoms with Crippen LogP contribution in [0.5, 0.6) is 0 Å². The largest absolute Gasteiger partial charge is 0.396 e. The maximum Gasteiger partial charge on any atom is 0.0609 e. The van der Waals surface area contributed by atoms with Gasteiger partial charge >= 0.3 is 0 Å². The van der Waals surface area contributed by atoms with Gasteiger partial charge in [-0.1, -0.05) is 41.4 Å². The lowest BCUT2D eigenvalue weighted by Crippen LogP contribution is -2.53. The van der Waals surface area contributed by atoms with Crippen molar-refractivity contribution < 1.29 is 15.3 Å². The molecule has 0 aliphatic heterocycles. The Balaban J connectivity index is 1.70. The molecule has 4 rings (SSSR count). The predicted octanol–water partition coefficient (Wildman–Crippen LogP) is 3.26. The Bertz CT molecular complexity index is 563. The molecule has 3 saturated carbocycles. The Morgan fingerprint density at radius 2 is 2.04 bits per heavy atom. The lowest BCUT2D eigenvalue weighted by atomic mass is 9.48. The van der Waals surface area contributed by atoms with Gasteiger partial charge in [0, 0.05) is 22.8 Å². The molecule has 4 aliphatic carbocycles. The Morgan fingerprint density at radius 1 is 1.29 bits per heavy atom. The van der Waals surface area contributed by atoms with Crippen LogP contribution in [-0.4, -0.2) is 39.5 Å². The number of alkyl halides is 1. The van der Waals surface area contributed by atoms with Gasteiger partial charge in [0.25, 0.3) is 0 Å². The topological polar surface area (TPSA) is 60.7 Å². The Hall–Kier alpha value is 0.100. The number of fused-ring (bicyclic) bond motifs is 5. The van der Waals surface area contributed by atoms with Gasteiger partial charge in [0.15, 0.2) is 0 Å². The fourth-order valence-corrected chi connectivity index (χ4v) is 7.09. The molecule has 0 spiro atoms. The van der Waals surface area contributed by atoms with Crippen LogP contribution in [-0.2, 0) is 0 Å². The zero-order valence-electron chi connectivity index (χ0n) is 14.8.